The third kappa shape index (κ3) is 11.8. The molecule has 0 amide bonds. The largest absolute Gasteiger partial charge is 0.466 e. The van der Waals surface area contributed by atoms with Gasteiger partial charge < -0.3 is 19.1 Å². The van der Waals surface area contributed by atoms with Gasteiger partial charge in [0.25, 0.3) is 0 Å². The zero-order chi connectivity index (χ0) is 9.61. The molecule has 0 fully saturated rings. The monoisotopic (exact) mass is 194 g/mol. The minimum absolute atomic E-state index is 0.303. The summed E-state index contributed by atoms with van der Waals surface area (Å²) in [6.07, 6.45) is 1.35. The molecule has 0 unspecified atom stereocenters. The van der Waals surface area contributed by atoms with Gasteiger partial charge in [0.2, 0.25) is 0 Å². The molecule has 6 nitrogen and oxygen atoms in total. The summed E-state index contributed by atoms with van der Waals surface area (Å²) in [5.74, 6) is 0. The third-order valence-corrected chi connectivity index (χ3v) is 0.606. The quantitative estimate of drug-likeness (QED) is 0.490. The highest BCUT2D eigenvalue weighted by molar-refractivity contribution is 7.45. The predicted molar refractivity (Wildman–Crippen MR) is 39.2 cm³/mol. The topological polar surface area (TPSA) is 108 Å². The maximum Gasteiger partial charge on any atom is 0.466 e. The molecule has 0 bridgehead atoms. The molecule has 0 aliphatic rings. The molecule has 1 aromatic heterocycles. The maximum absolute atomic E-state index is 10.1. The lowest BCUT2D eigenvalue weighted by molar-refractivity contribution is 0.275. The minimum Gasteiger partial charge on any atom is -0.431 e. The van der Waals surface area contributed by atoms with Crippen LogP contribution < -0.4 is 5.63 Å². The Morgan fingerprint density at radius 2 is 1.75 bits per heavy atom. The summed E-state index contributed by atoms with van der Waals surface area (Å²) in [7, 11) is -4.64. The van der Waals surface area contributed by atoms with Gasteiger partial charge in [-0.3, -0.25) is 0 Å². The van der Waals surface area contributed by atoms with E-state index in [0.29, 0.717) is 0 Å². The Kier molecular flexibility index (Phi) is 4.46. The lowest BCUT2D eigenvalue weighted by Crippen LogP contribution is -1.90. The van der Waals surface area contributed by atoms with Gasteiger partial charge in [0.15, 0.2) is 0 Å². The Bertz CT molecular complexity index is 286. The molecule has 0 spiro atoms. The standard InChI is InChI=1S/C5H4O2.H3O4P/c6-5-3-1-2-4-7-5;1-5(2,3)4/h1-4H;(H3,1,2,3,4). The summed E-state index contributed by atoms with van der Waals surface area (Å²) in [6, 6.07) is 4.65. The molecule has 68 valence electrons. The Morgan fingerprint density at radius 1 is 1.25 bits per heavy atom. The molecule has 7 heteroatoms. The van der Waals surface area contributed by atoms with Crippen LogP contribution in [0, 0.1) is 0 Å². The van der Waals surface area contributed by atoms with E-state index in [9.17, 15) is 4.79 Å². The molecule has 0 aliphatic carbocycles. The first kappa shape index (κ1) is 11.1. The van der Waals surface area contributed by atoms with Crippen molar-refractivity contribution in [2.24, 2.45) is 0 Å². The van der Waals surface area contributed by atoms with Crippen LogP contribution in [0.15, 0.2) is 33.7 Å². The van der Waals surface area contributed by atoms with E-state index in [1.54, 1.807) is 12.1 Å². The Morgan fingerprint density at radius 3 is 1.92 bits per heavy atom. The zero-order valence-electron chi connectivity index (χ0n) is 5.82. The molecule has 1 heterocycles. The van der Waals surface area contributed by atoms with E-state index in [2.05, 4.69) is 4.42 Å². The minimum atomic E-state index is -4.64. The molecule has 0 radical (unpaired) electrons. The first-order chi connectivity index (χ1) is 5.39. The van der Waals surface area contributed by atoms with Crippen molar-refractivity contribution in [3.05, 3.63) is 34.9 Å². The lowest BCUT2D eigenvalue weighted by atomic mass is 10.5. The molecule has 12 heavy (non-hydrogen) atoms. The van der Waals surface area contributed by atoms with Crippen molar-refractivity contribution in [3.63, 3.8) is 0 Å². The van der Waals surface area contributed by atoms with Crippen LogP contribution in [0.5, 0.6) is 0 Å². The predicted octanol–water partition coefficient (Wildman–Crippen LogP) is -0.289. The van der Waals surface area contributed by atoms with Crippen LogP contribution in [0.3, 0.4) is 0 Å². The van der Waals surface area contributed by atoms with E-state index >= 15 is 0 Å². The molecule has 0 atom stereocenters. The Labute approximate surface area is 67.3 Å². The Balaban J connectivity index is 0.000000217. The maximum atomic E-state index is 10.1. The summed E-state index contributed by atoms with van der Waals surface area (Å²) in [5, 5.41) is 0. The SMILES string of the molecule is O=P(O)(O)O.O=c1cccco1. The first-order valence-corrected chi connectivity index (χ1v) is 4.28. The van der Waals surface area contributed by atoms with E-state index in [0.717, 1.165) is 0 Å². The van der Waals surface area contributed by atoms with Crippen molar-refractivity contribution in [3.8, 4) is 0 Å². The second-order valence-electron chi connectivity index (χ2n) is 1.64. The summed E-state index contributed by atoms with van der Waals surface area (Å²) >= 11 is 0. The number of phosphoric acid groups is 1. The van der Waals surface area contributed by atoms with E-state index in [1.165, 1.54) is 12.3 Å². The smallest absolute Gasteiger partial charge is 0.431 e. The van der Waals surface area contributed by atoms with Crippen LogP contribution in [0.1, 0.15) is 0 Å². The van der Waals surface area contributed by atoms with Crippen molar-refractivity contribution in [1.82, 2.24) is 0 Å². The van der Waals surface area contributed by atoms with Crippen molar-refractivity contribution in [2.45, 2.75) is 0 Å². The van der Waals surface area contributed by atoms with Crippen molar-refractivity contribution >= 4 is 7.82 Å². The van der Waals surface area contributed by atoms with Crippen molar-refractivity contribution in [1.29, 1.82) is 0 Å². The zero-order valence-corrected chi connectivity index (χ0v) is 6.72. The van der Waals surface area contributed by atoms with Crippen LogP contribution >= 0.6 is 7.82 Å². The van der Waals surface area contributed by atoms with Crippen LogP contribution in [-0.2, 0) is 4.57 Å². The fourth-order valence-corrected chi connectivity index (χ4v) is 0.325. The van der Waals surface area contributed by atoms with Gasteiger partial charge in [0.05, 0.1) is 6.26 Å². The van der Waals surface area contributed by atoms with Gasteiger partial charge >= 0.3 is 13.4 Å². The molecular formula is C5H7O6P. The van der Waals surface area contributed by atoms with Gasteiger partial charge in [-0.2, -0.15) is 0 Å². The van der Waals surface area contributed by atoms with E-state index < -0.39 is 7.82 Å². The van der Waals surface area contributed by atoms with Crippen LogP contribution in [-0.4, -0.2) is 14.7 Å². The average molecular weight is 194 g/mol. The first-order valence-electron chi connectivity index (χ1n) is 2.72. The van der Waals surface area contributed by atoms with Gasteiger partial charge in [0, 0.05) is 6.07 Å². The highest BCUT2D eigenvalue weighted by Gasteiger charge is 2.00. The third-order valence-electron chi connectivity index (χ3n) is 0.606. The van der Waals surface area contributed by atoms with E-state index in [-0.39, 0.29) is 5.63 Å². The number of rotatable bonds is 0. The van der Waals surface area contributed by atoms with Crippen molar-refractivity contribution in [2.75, 3.05) is 0 Å². The van der Waals surface area contributed by atoms with Crippen molar-refractivity contribution < 1.29 is 23.7 Å². The van der Waals surface area contributed by atoms with Crippen LogP contribution in [0.25, 0.3) is 0 Å². The molecule has 0 saturated carbocycles. The molecule has 0 aromatic carbocycles. The Hall–Kier alpha value is -0.940. The van der Waals surface area contributed by atoms with Gasteiger partial charge in [0.1, 0.15) is 0 Å². The molecule has 1 aromatic rings. The van der Waals surface area contributed by atoms with E-state index in [1.807, 2.05) is 0 Å². The van der Waals surface area contributed by atoms with Gasteiger partial charge in [-0.15, -0.1) is 0 Å². The van der Waals surface area contributed by atoms with Gasteiger partial charge in [-0.1, -0.05) is 6.07 Å². The molecule has 3 N–H and O–H groups in total. The fourth-order valence-electron chi connectivity index (χ4n) is 0.325. The second kappa shape index (κ2) is 4.84. The van der Waals surface area contributed by atoms with E-state index in [4.69, 9.17) is 19.2 Å². The van der Waals surface area contributed by atoms with Gasteiger partial charge in [-0.05, 0) is 6.07 Å². The summed E-state index contributed by atoms with van der Waals surface area (Å²) in [4.78, 5) is 31.7. The normalized spacial score (nSPS) is 9.92. The molecule has 0 aliphatic heterocycles. The summed E-state index contributed by atoms with van der Waals surface area (Å²) in [5.41, 5.74) is -0.303. The van der Waals surface area contributed by atoms with Crippen LogP contribution in [0.2, 0.25) is 0 Å². The van der Waals surface area contributed by atoms with Crippen LogP contribution in [0.4, 0.5) is 0 Å². The average Bonchev–Trinajstić information content (AvgIpc) is 1.85. The molecule has 1 rings (SSSR count). The molecule has 0 saturated heterocycles. The highest BCUT2D eigenvalue weighted by Crippen LogP contribution is 2.25. The lowest BCUT2D eigenvalue weighted by Gasteiger charge is -1.82. The number of hydrogen-bond acceptors (Lipinski definition) is 3. The summed E-state index contributed by atoms with van der Waals surface area (Å²) < 4.78 is 13.3. The number of hydrogen-bond donors (Lipinski definition) is 3. The molecular weight excluding hydrogens is 187 g/mol. The second-order valence-corrected chi connectivity index (χ2v) is 2.66. The fraction of sp³-hybridized carbons (Fsp3) is 0. The van der Waals surface area contributed by atoms with Gasteiger partial charge in [-0.25, -0.2) is 9.36 Å². The highest BCUT2D eigenvalue weighted by atomic mass is 31.2. The summed E-state index contributed by atoms with van der Waals surface area (Å²) in [6.45, 7) is 0.